The molecule has 4 rings (SSSR count). The largest absolute Gasteiger partial charge is 0.477 e. The zero-order valence-corrected chi connectivity index (χ0v) is 13.7. The number of hydrogen-bond acceptors (Lipinski definition) is 5. The predicted octanol–water partition coefficient (Wildman–Crippen LogP) is 3.59. The van der Waals surface area contributed by atoms with E-state index in [1.807, 2.05) is 61.4 Å². The van der Waals surface area contributed by atoms with Gasteiger partial charge in [-0.05, 0) is 32.9 Å². The third kappa shape index (κ3) is 2.29. The van der Waals surface area contributed by atoms with Gasteiger partial charge < -0.3 is 9.64 Å². The Morgan fingerprint density at radius 1 is 1.36 bits per heavy atom. The van der Waals surface area contributed by atoms with Crippen LogP contribution in [0.15, 0.2) is 40.7 Å². The van der Waals surface area contributed by atoms with Crippen molar-refractivity contribution in [2.24, 2.45) is 4.99 Å². The summed E-state index contributed by atoms with van der Waals surface area (Å²) in [6.45, 7) is 6.56. The lowest BCUT2D eigenvalue weighted by molar-refractivity contribution is 0.275. The molecular formula is C17H19N3OS. The Balaban J connectivity index is 1.77. The lowest BCUT2D eigenvalue weighted by Crippen LogP contribution is -2.17. The predicted molar refractivity (Wildman–Crippen MR) is 89.8 cm³/mol. The molecule has 2 atom stereocenters. The lowest BCUT2D eigenvalue weighted by Gasteiger charge is -2.07. The van der Waals surface area contributed by atoms with Gasteiger partial charge in [0.25, 0.3) is 0 Å². The Bertz CT molecular complexity index is 773. The summed E-state index contributed by atoms with van der Waals surface area (Å²) in [5, 5.41) is 2.97. The van der Waals surface area contributed by atoms with E-state index >= 15 is 0 Å². The van der Waals surface area contributed by atoms with E-state index in [9.17, 15) is 0 Å². The third-order valence-corrected chi connectivity index (χ3v) is 4.81. The van der Waals surface area contributed by atoms with Crippen LogP contribution >= 0.6 is 11.3 Å². The number of ether oxygens (including phenoxy) is 1. The minimum absolute atomic E-state index is 0.142. The average Bonchev–Trinajstić information content (AvgIpc) is 2.81. The zero-order chi connectivity index (χ0) is 16.2. The van der Waals surface area contributed by atoms with Crippen molar-refractivity contribution in [2.75, 3.05) is 11.5 Å². The summed E-state index contributed by atoms with van der Waals surface area (Å²) in [7, 11) is 0. The zero-order valence-electron chi connectivity index (χ0n) is 13.9. The van der Waals surface area contributed by atoms with Gasteiger partial charge in [-0.3, -0.25) is 0 Å². The molecule has 2 aromatic rings. The first-order valence-electron chi connectivity index (χ1n) is 7.91. The average molecular weight is 314 g/mol. The van der Waals surface area contributed by atoms with E-state index in [1.54, 1.807) is 11.3 Å². The van der Waals surface area contributed by atoms with Gasteiger partial charge in [-0.25, -0.2) is 9.98 Å². The number of para-hydroxylation sites is 1. The molecule has 5 heteroatoms. The van der Waals surface area contributed by atoms with Gasteiger partial charge >= 0.3 is 0 Å². The molecule has 1 saturated heterocycles. The number of hydrogen-bond donors (Lipinski definition) is 0. The Hall–Kier alpha value is -1.88. The summed E-state index contributed by atoms with van der Waals surface area (Å²) >= 11 is 1.60. The van der Waals surface area contributed by atoms with Gasteiger partial charge in [-0.15, -0.1) is 11.3 Å². The molecule has 114 valence electrons. The van der Waals surface area contributed by atoms with Crippen molar-refractivity contribution in [2.45, 2.75) is 38.4 Å². The number of aryl methyl sites for hydroxylation is 1. The standard InChI is InChI=1S/C17H19N3OS/c1-11-9-22-16(18-11)14-13(15-19-17(2,3)10-21-15)20(14)12-7-5-4-6-8-12/h4-9,13-14H,10H2,1-3H3/t13?,14-,20?/m0/s1/i13D. The number of anilines is 1. The molecule has 3 heterocycles. The van der Waals surface area contributed by atoms with Gasteiger partial charge in [0.15, 0.2) is 0 Å². The highest BCUT2D eigenvalue weighted by Crippen LogP contribution is 2.49. The molecule has 1 unspecified atom stereocenters. The van der Waals surface area contributed by atoms with Crippen LogP contribution in [0.3, 0.4) is 0 Å². The van der Waals surface area contributed by atoms with Crippen LogP contribution in [0.4, 0.5) is 5.69 Å². The second-order valence-electron chi connectivity index (χ2n) is 6.34. The fourth-order valence-corrected chi connectivity index (χ4v) is 3.62. The summed E-state index contributed by atoms with van der Waals surface area (Å²) in [6.07, 6.45) is 0. The smallest absolute Gasteiger partial charge is 0.210 e. The molecule has 0 bridgehead atoms. The maximum absolute atomic E-state index is 9.05. The molecule has 1 fully saturated rings. The molecule has 2 aliphatic heterocycles. The van der Waals surface area contributed by atoms with Crippen molar-refractivity contribution >= 4 is 22.9 Å². The summed E-state index contributed by atoms with van der Waals surface area (Å²) in [5.41, 5.74) is 1.72. The minimum Gasteiger partial charge on any atom is -0.477 e. The third-order valence-electron chi connectivity index (χ3n) is 3.80. The number of aliphatic imine (C=N–C) groups is 1. The molecule has 0 N–H and O–H groups in total. The van der Waals surface area contributed by atoms with Crippen LogP contribution in [0, 0.1) is 6.92 Å². The molecule has 0 saturated carbocycles. The van der Waals surface area contributed by atoms with Crippen molar-refractivity contribution in [3.63, 3.8) is 0 Å². The maximum Gasteiger partial charge on any atom is 0.210 e. The second kappa shape index (κ2) is 4.81. The topological polar surface area (TPSA) is 37.5 Å². The number of thiazole rings is 1. The fourth-order valence-electron chi connectivity index (χ4n) is 2.73. The van der Waals surface area contributed by atoms with Gasteiger partial charge in [0.1, 0.15) is 23.7 Å². The van der Waals surface area contributed by atoms with Gasteiger partial charge in [-0.2, -0.15) is 0 Å². The van der Waals surface area contributed by atoms with Gasteiger partial charge in [-0.1, -0.05) is 18.2 Å². The molecule has 22 heavy (non-hydrogen) atoms. The highest BCUT2D eigenvalue weighted by molar-refractivity contribution is 7.09. The SMILES string of the molecule is [2H]C1(C2=NC(C)(C)CO2)[C@@H](c2nc(C)cs2)N1c1ccccc1. The summed E-state index contributed by atoms with van der Waals surface area (Å²) < 4.78 is 14.9. The van der Waals surface area contributed by atoms with Gasteiger partial charge in [0.2, 0.25) is 5.90 Å². The fraction of sp³-hybridized carbons (Fsp3) is 0.412. The van der Waals surface area contributed by atoms with Crippen molar-refractivity contribution in [1.82, 2.24) is 4.98 Å². The van der Waals surface area contributed by atoms with Crippen molar-refractivity contribution in [3.8, 4) is 0 Å². The Morgan fingerprint density at radius 2 is 2.14 bits per heavy atom. The quantitative estimate of drug-likeness (QED) is 0.813. The molecule has 2 aliphatic rings. The van der Waals surface area contributed by atoms with E-state index in [4.69, 9.17) is 6.11 Å². The number of aromatic nitrogens is 1. The van der Waals surface area contributed by atoms with Crippen molar-refractivity contribution < 1.29 is 6.11 Å². The number of benzene rings is 1. The van der Waals surface area contributed by atoms with E-state index < -0.39 is 6.02 Å². The van der Waals surface area contributed by atoms with E-state index in [0.29, 0.717) is 12.5 Å². The molecule has 0 spiro atoms. The molecular weight excluding hydrogens is 294 g/mol. The summed E-state index contributed by atoms with van der Waals surface area (Å²) in [4.78, 5) is 11.3. The Morgan fingerprint density at radius 3 is 2.73 bits per heavy atom. The molecule has 4 nitrogen and oxygen atoms in total. The molecule has 1 aromatic carbocycles. The first kappa shape index (κ1) is 12.6. The van der Waals surface area contributed by atoms with E-state index in [0.717, 1.165) is 16.4 Å². The molecule has 0 amide bonds. The summed E-state index contributed by atoms with van der Waals surface area (Å²) in [6, 6.07) is 8.84. The normalized spacial score (nSPS) is 29.8. The maximum atomic E-state index is 9.05. The van der Waals surface area contributed by atoms with Gasteiger partial charge in [0.05, 0.1) is 6.91 Å². The monoisotopic (exact) mass is 314 g/mol. The number of nitrogens with zero attached hydrogens (tertiary/aromatic N) is 3. The van der Waals surface area contributed by atoms with Crippen LogP contribution in [0.25, 0.3) is 0 Å². The highest BCUT2D eigenvalue weighted by Gasteiger charge is 2.56. The first-order chi connectivity index (χ1) is 10.9. The van der Waals surface area contributed by atoms with Crippen LogP contribution in [0.5, 0.6) is 0 Å². The van der Waals surface area contributed by atoms with E-state index in [1.165, 1.54) is 0 Å². The minimum atomic E-state index is -1.00. The van der Waals surface area contributed by atoms with E-state index in [-0.39, 0.29) is 11.6 Å². The number of rotatable bonds is 3. The molecule has 1 aromatic heterocycles. The van der Waals surface area contributed by atoms with Crippen molar-refractivity contribution in [1.29, 1.82) is 0 Å². The summed E-state index contributed by atoms with van der Waals surface area (Å²) in [5.74, 6) is 0.504. The van der Waals surface area contributed by atoms with Crippen LogP contribution in [-0.2, 0) is 4.74 Å². The Labute approximate surface area is 135 Å². The lowest BCUT2D eigenvalue weighted by atomic mass is 10.1. The van der Waals surface area contributed by atoms with E-state index in [2.05, 4.69) is 9.98 Å². The van der Waals surface area contributed by atoms with Crippen LogP contribution < -0.4 is 4.90 Å². The molecule has 0 aliphatic carbocycles. The Kier molecular flexibility index (Phi) is 2.77. The van der Waals surface area contributed by atoms with Crippen LogP contribution in [0.2, 0.25) is 0 Å². The van der Waals surface area contributed by atoms with Gasteiger partial charge in [0, 0.05) is 16.8 Å². The second-order valence-corrected chi connectivity index (χ2v) is 7.23. The highest BCUT2D eigenvalue weighted by atomic mass is 32.1. The van der Waals surface area contributed by atoms with Crippen molar-refractivity contribution in [3.05, 3.63) is 46.4 Å². The first-order valence-corrected chi connectivity index (χ1v) is 8.29. The van der Waals surface area contributed by atoms with Crippen LogP contribution in [0.1, 0.15) is 32.0 Å². The molecule has 0 radical (unpaired) electrons. The van der Waals surface area contributed by atoms with Crippen LogP contribution in [-0.4, -0.2) is 29.0 Å².